The van der Waals surface area contributed by atoms with Crippen LogP contribution in [0.4, 0.5) is 5.69 Å². The summed E-state index contributed by atoms with van der Waals surface area (Å²) in [6.07, 6.45) is 1.88. The number of rotatable bonds is 2. The number of anilines is 1. The van der Waals surface area contributed by atoms with Gasteiger partial charge in [-0.3, -0.25) is 4.79 Å². The van der Waals surface area contributed by atoms with Crippen molar-refractivity contribution in [2.45, 2.75) is 59.3 Å². The van der Waals surface area contributed by atoms with Crippen molar-refractivity contribution >= 4 is 23.4 Å². The first-order chi connectivity index (χ1) is 13.4. The number of benzene rings is 2. The Bertz CT molecular complexity index is 968. The fraction of sp³-hybridized carbons (Fsp3) is 0.360. The lowest BCUT2D eigenvalue weighted by Crippen LogP contribution is -2.21. The SMILES string of the molecule is CC1=NN(c2ccccc2)C(=O)/C1=C/c1cc(C(C)(C)C)c(O)c(C(C)(C)C)c1. The Morgan fingerprint density at radius 1 is 0.931 bits per heavy atom. The summed E-state index contributed by atoms with van der Waals surface area (Å²) < 4.78 is 0. The minimum Gasteiger partial charge on any atom is -0.507 e. The van der Waals surface area contributed by atoms with Crippen LogP contribution in [0.2, 0.25) is 0 Å². The van der Waals surface area contributed by atoms with E-state index in [2.05, 4.69) is 46.6 Å². The first kappa shape index (κ1) is 20.8. The topological polar surface area (TPSA) is 52.9 Å². The molecule has 1 N–H and O–H groups in total. The number of hydrogen-bond acceptors (Lipinski definition) is 3. The summed E-state index contributed by atoms with van der Waals surface area (Å²) in [5.41, 5.74) is 4.19. The number of phenolic OH excluding ortho intramolecular Hbond substituents is 1. The molecule has 0 bridgehead atoms. The first-order valence-electron chi connectivity index (χ1n) is 9.94. The third-order valence-electron chi connectivity index (χ3n) is 5.12. The summed E-state index contributed by atoms with van der Waals surface area (Å²) in [4.78, 5) is 13.0. The Labute approximate surface area is 173 Å². The zero-order valence-electron chi connectivity index (χ0n) is 18.4. The molecule has 1 aliphatic rings. The van der Waals surface area contributed by atoms with Crippen LogP contribution >= 0.6 is 0 Å². The van der Waals surface area contributed by atoms with Gasteiger partial charge in [0.25, 0.3) is 5.91 Å². The second-order valence-electron chi connectivity index (χ2n) is 9.66. The number of carbonyl (C=O) groups excluding carboxylic acids is 1. The Hall–Kier alpha value is -2.88. The molecule has 0 radical (unpaired) electrons. The molecule has 1 heterocycles. The maximum absolute atomic E-state index is 13.0. The van der Waals surface area contributed by atoms with Crippen LogP contribution in [-0.4, -0.2) is 16.7 Å². The predicted molar refractivity (Wildman–Crippen MR) is 121 cm³/mol. The molecule has 2 aromatic carbocycles. The average Bonchev–Trinajstić information content (AvgIpc) is 2.90. The number of hydrazone groups is 1. The molecule has 2 aromatic rings. The third kappa shape index (κ3) is 4.12. The van der Waals surface area contributed by atoms with Crippen molar-refractivity contribution < 1.29 is 9.90 Å². The van der Waals surface area contributed by atoms with Crippen molar-refractivity contribution in [3.05, 3.63) is 64.7 Å². The van der Waals surface area contributed by atoms with Gasteiger partial charge >= 0.3 is 0 Å². The summed E-state index contributed by atoms with van der Waals surface area (Å²) in [6, 6.07) is 13.4. The number of carbonyl (C=O) groups is 1. The van der Waals surface area contributed by atoms with Gasteiger partial charge in [0.15, 0.2) is 0 Å². The fourth-order valence-electron chi connectivity index (χ4n) is 3.48. The highest BCUT2D eigenvalue weighted by Gasteiger charge is 2.30. The van der Waals surface area contributed by atoms with Crippen LogP contribution in [0.3, 0.4) is 0 Å². The van der Waals surface area contributed by atoms with Gasteiger partial charge in [-0.2, -0.15) is 10.1 Å². The van der Waals surface area contributed by atoms with E-state index in [1.807, 2.05) is 55.5 Å². The van der Waals surface area contributed by atoms with Crippen molar-refractivity contribution in [2.75, 3.05) is 5.01 Å². The second kappa shape index (κ2) is 7.18. The van der Waals surface area contributed by atoms with E-state index in [0.29, 0.717) is 17.0 Å². The molecule has 0 fully saturated rings. The Kier molecular flexibility index (Phi) is 5.16. The molecule has 1 amide bonds. The van der Waals surface area contributed by atoms with Gasteiger partial charge in [-0.25, -0.2) is 0 Å². The van der Waals surface area contributed by atoms with E-state index in [0.717, 1.165) is 22.4 Å². The van der Waals surface area contributed by atoms with Gasteiger partial charge in [-0.05, 0) is 53.7 Å². The van der Waals surface area contributed by atoms with Gasteiger partial charge in [0.05, 0.1) is 17.0 Å². The molecule has 0 aromatic heterocycles. The summed E-state index contributed by atoms with van der Waals surface area (Å²) in [6.45, 7) is 14.3. The Morgan fingerprint density at radius 2 is 1.45 bits per heavy atom. The minimum absolute atomic E-state index is 0.142. The summed E-state index contributed by atoms with van der Waals surface area (Å²) in [5, 5.41) is 16.8. The van der Waals surface area contributed by atoms with Crippen molar-refractivity contribution in [2.24, 2.45) is 5.10 Å². The number of phenols is 1. The summed E-state index contributed by atoms with van der Waals surface area (Å²) in [7, 11) is 0. The second-order valence-corrected chi connectivity index (χ2v) is 9.66. The molecule has 3 rings (SSSR count). The lowest BCUT2D eigenvalue weighted by molar-refractivity contribution is -0.114. The van der Waals surface area contributed by atoms with Gasteiger partial charge in [0, 0.05) is 11.1 Å². The standard InChI is InChI=1S/C25H30N2O2/c1-16-19(23(29)27(26-16)18-11-9-8-10-12-18)13-17-14-20(24(2,3)4)22(28)21(15-17)25(5,6)7/h8-15,28H,1-7H3/b19-13+. The molecular weight excluding hydrogens is 360 g/mol. The largest absolute Gasteiger partial charge is 0.507 e. The number of amides is 1. The Balaban J connectivity index is 2.11. The van der Waals surface area contributed by atoms with E-state index in [9.17, 15) is 9.90 Å². The van der Waals surface area contributed by atoms with E-state index in [1.165, 1.54) is 5.01 Å². The maximum Gasteiger partial charge on any atom is 0.280 e. The highest BCUT2D eigenvalue weighted by molar-refractivity contribution is 6.32. The van der Waals surface area contributed by atoms with Crippen LogP contribution < -0.4 is 5.01 Å². The third-order valence-corrected chi connectivity index (χ3v) is 5.12. The predicted octanol–water partition coefficient (Wildman–Crippen LogP) is 5.79. The van der Waals surface area contributed by atoms with Crippen molar-refractivity contribution in [3.63, 3.8) is 0 Å². The fourth-order valence-corrected chi connectivity index (χ4v) is 3.48. The minimum atomic E-state index is -0.225. The zero-order valence-corrected chi connectivity index (χ0v) is 18.4. The molecule has 29 heavy (non-hydrogen) atoms. The number of nitrogens with zero attached hydrogens (tertiary/aromatic N) is 2. The van der Waals surface area contributed by atoms with E-state index >= 15 is 0 Å². The molecule has 0 spiro atoms. The number of aromatic hydroxyl groups is 1. The molecule has 0 saturated carbocycles. The lowest BCUT2D eigenvalue weighted by Gasteiger charge is -2.28. The summed E-state index contributed by atoms with van der Waals surface area (Å²) in [5.74, 6) is 0.192. The smallest absolute Gasteiger partial charge is 0.280 e. The van der Waals surface area contributed by atoms with Crippen LogP contribution in [0.1, 0.15) is 65.2 Å². The quantitative estimate of drug-likeness (QED) is 0.660. The van der Waals surface area contributed by atoms with Gasteiger partial charge in [0.2, 0.25) is 0 Å². The van der Waals surface area contributed by atoms with Crippen LogP contribution in [0.15, 0.2) is 53.1 Å². The molecule has 0 saturated heterocycles. The van der Waals surface area contributed by atoms with E-state index in [1.54, 1.807) is 0 Å². The van der Waals surface area contributed by atoms with E-state index < -0.39 is 0 Å². The number of para-hydroxylation sites is 1. The van der Waals surface area contributed by atoms with Crippen molar-refractivity contribution in [1.29, 1.82) is 0 Å². The maximum atomic E-state index is 13.0. The zero-order chi connectivity index (χ0) is 21.6. The van der Waals surface area contributed by atoms with Gasteiger partial charge in [-0.15, -0.1) is 0 Å². The van der Waals surface area contributed by atoms with Gasteiger partial charge in [-0.1, -0.05) is 59.7 Å². The monoisotopic (exact) mass is 390 g/mol. The summed E-state index contributed by atoms with van der Waals surface area (Å²) >= 11 is 0. The molecule has 1 aliphatic heterocycles. The molecule has 0 aliphatic carbocycles. The molecule has 152 valence electrons. The number of hydrogen-bond donors (Lipinski definition) is 1. The van der Waals surface area contributed by atoms with Crippen LogP contribution in [0.5, 0.6) is 5.75 Å². The van der Waals surface area contributed by atoms with Gasteiger partial charge < -0.3 is 5.11 Å². The van der Waals surface area contributed by atoms with Crippen LogP contribution in [0.25, 0.3) is 6.08 Å². The normalized spacial score (nSPS) is 16.5. The molecule has 0 atom stereocenters. The average molecular weight is 391 g/mol. The highest BCUT2D eigenvalue weighted by atomic mass is 16.3. The first-order valence-corrected chi connectivity index (χ1v) is 9.94. The Morgan fingerprint density at radius 3 is 1.93 bits per heavy atom. The molecular formula is C25H30N2O2. The lowest BCUT2D eigenvalue weighted by atomic mass is 9.78. The van der Waals surface area contributed by atoms with Crippen LogP contribution in [-0.2, 0) is 15.6 Å². The van der Waals surface area contributed by atoms with Crippen molar-refractivity contribution in [1.82, 2.24) is 0 Å². The van der Waals surface area contributed by atoms with Crippen LogP contribution in [0, 0.1) is 0 Å². The highest BCUT2D eigenvalue weighted by Crippen LogP contribution is 2.40. The molecule has 0 unspecified atom stereocenters. The molecule has 4 heteroatoms. The molecule has 4 nitrogen and oxygen atoms in total. The van der Waals surface area contributed by atoms with Crippen molar-refractivity contribution in [3.8, 4) is 5.75 Å². The van der Waals surface area contributed by atoms with E-state index in [4.69, 9.17) is 0 Å². The van der Waals surface area contributed by atoms with Gasteiger partial charge in [0.1, 0.15) is 5.75 Å². The van der Waals surface area contributed by atoms with E-state index in [-0.39, 0.29) is 16.7 Å².